The molecule has 36 heavy (non-hydrogen) atoms. The molecule has 1 unspecified atom stereocenters. The highest BCUT2D eigenvalue weighted by molar-refractivity contribution is 6.30. The fourth-order valence-electron chi connectivity index (χ4n) is 5.87. The molecular weight excluding hydrogens is 468 g/mol. The lowest BCUT2D eigenvalue weighted by molar-refractivity contribution is -0.0146. The minimum absolute atomic E-state index is 0.500. The van der Waals surface area contributed by atoms with Crippen molar-refractivity contribution in [3.63, 3.8) is 0 Å². The van der Waals surface area contributed by atoms with Gasteiger partial charge in [0.1, 0.15) is 5.60 Å². The van der Waals surface area contributed by atoms with Crippen LogP contribution in [0.25, 0.3) is 10.9 Å². The summed E-state index contributed by atoms with van der Waals surface area (Å²) in [5.41, 5.74) is 6.10. The molecule has 2 aliphatic rings. The molecule has 1 atom stereocenters. The van der Waals surface area contributed by atoms with E-state index in [1.54, 1.807) is 0 Å². The van der Waals surface area contributed by atoms with Crippen LogP contribution < -0.4 is 4.90 Å². The van der Waals surface area contributed by atoms with E-state index in [1.165, 1.54) is 22.2 Å². The van der Waals surface area contributed by atoms with E-state index in [1.807, 2.05) is 30.5 Å². The summed E-state index contributed by atoms with van der Waals surface area (Å²) in [6.07, 6.45) is 3.93. The number of nitrogens with one attached hydrogen (secondary N) is 1. The zero-order chi connectivity index (χ0) is 24.5. The quantitative estimate of drug-likeness (QED) is 0.352. The molecule has 0 amide bonds. The van der Waals surface area contributed by atoms with E-state index in [-0.39, 0.29) is 0 Å². The summed E-state index contributed by atoms with van der Waals surface area (Å²) in [6.45, 7) is 5.73. The van der Waals surface area contributed by atoms with Gasteiger partial charge in [-0.15, -0.1) is 0 Å². The van der Waals surface area contributed by atoms with E-state index in [4.69, 9.17) is 16.3 Å². The van der Waals surface area contributed by atoms with Crippen LogP contribution in [0.3, 0.4) is 0 Å². The Balaban J connectivity index is 1.15. The Morgan fingerprint density at radius 1 is 1.00 bits per heavy atom. The highest BCUT2D eigenvalue weighted by atomic mass is 35.5. The Labute approximate surface area is 216 Å². The number of aromatic nitrogens is 1. The van der Waals surface area contributed by atoms with Crippen LogP contribution in [0.4, 0.5) is 5.69 Å². The molecule has 182 valence electrons. The number of nitriles is 1. The largest absolute Gasteiger partial charge is 0.368 e. The van der Waals surface area contributed by atoms with Gasteiger partial charge in [-0.05, 0) is 78.5 Å². The number of rotatable bonds is 6. The van der Waals surface area contributed by atoms with Crippen molar-refractivity contribution in [2.75, 3.05) is 37.6 Å². The third kappa shape index (κ3) is 4.16. The summed E-state index contributed by atoms with van der Waals surface area (Å²) in [4.78, 5) is 8.40. The van der Waals surface area contributed by atoms with E-state index in [9.17, 15) is 5.26 Å². The molecule has 3 aromatic carbocycles. The van der Waals surface area contributed by atoms with Crippen molar-refractivity contribution in [2.24, 2.45) is 0 Å². The molecule has 1 N–H and O–H groups in total. The Morgan fingerprint density at radius 3 is 2.64 bits per heavy atom. The number of benzene rings is 3. The number of hydrogen-bond acceptors (Lipinski definition) is 4. The van der Waals surface area contributed by atoms with Crippen LogP contribution in [-0.4, -0.2) is 42.6 Å². The topological polar surface area (TPSA) is 55.3 Å². The first kappa shape index (κ1) is 23.1. The zero-order valence-corrected chi connectivity index (χ0v) is 21.0. The second kappa shape index (κ2) is 9.63. The lowest BCUT2D eigenvalue weighted by Crippen LogP contribution is -2.46. The molecule has 3 heterocycles. The monoisotopic (exact) mass is 496 g/mol. The summed E-state index contributed by atoms with van der Waals surface area (Å²) >= 11 is 6.20. The van der Waals surface area contributed by atoms with E-state index in [2.05, 4.69) is 63.3 Å². The van der Waals surface area contributed by atoms with Crippen molar-refractivity contribution >= 4 is 28.2 Å². The number of halogens is 1. The maximum Gasteiger partial charge on any atom is 0.119 e. The smallest absolute Gasteiger partial charge is 0.119 e. The standard InChI is InChI=1S/C30H29ClN4O/c31-25-8-6-24(7-9-25)30(27-10-5-22(20-32)19-23(27)21-36-30)12-2-14-34-15-17-35(18-16-34)29-4-1-3-28-26(29)11-13-33-28/h1,3-11,13,19,33H,2,12,14-18,21H2. The van der Waals surface area contributed by atoms with Gasteiger partial charge < -0.3 is 14.6 Å². The number of nitrogens with zero attached hydrogens (tertiary/aromatic N) is 3. The first-order valence-corrected chi connectivity index (χ1v) is 13.0. The minimum Gasteiger partial charge on any atom is -0.368 e. The van der Waals surface area contributed by atoms with Gasteiger partial charge in [0.15, 0.2) is 0 Å². The van der Waals surface area contributed by atoms with Crippen LogP contribution in [0.15, 0.2) is 72.9 Å². The SMILES string of the molecule is N#Cc1ccc2c(c1)COC2(CCCN1CCN(c2cccc3[nH]ccc23)CC1)c1ccc(Cl)cc1. The molecule has 0 aliphatic carbocycles. The molecule has 0 bridgehead atoms. The van der Waals surface area contributed by atoms with Gasteiger partial charge in [-0.1, -0.05) is 35.9 Å². The van der Waals surface area contributed by atoms with Gasteiger partial charge >= 0.3 is 0 Å². The molecule has 1 saturated heterocycles. The van der Waals surface area contributed by atoms with Gasteiger partial charge in [-0.25, -0.2) is 0 Å². The van der Waals surface area contributed by atoms with Crippen LogP contribution in [0.1, 0.15) is 35.1 Å². The molecule has 0 spiro atoms. The van der Waals surface area contributed by atoms with Gasteiger partial charge in [-0.3, -0.25) is 4.90 Å². The number of aromatic amines is 1. The van der Waals surface area contributed by atoms with Crippen molar-refractivity contribution in [3.05, 3.63) is 100 Å². The molecule has 1 fully saturated rings. The second-order valence-corrected chi connectivity index (χ2v) is 10.2. The fourth-order valence-corrected chi connectivity index (χ4v) is 6.00. The Hall–Kier alpha value is -3.30. The van der Waals surface area contributed by atoms with Crippen molar-refractivity contribution in [1.29, 1.82) is 5.26 Å². The highest BCUT2D eigenvalue weighted by Gasteiger charge is 2.41. The fraction of sp³-hybridized carbons (Fsp3) is 0.300. The third-order valence-electron chi connectivity index (χ3n) is 7.74. The van der Waals surface area contributed by atoms with E-state index in [0.717, 1.165) is 61.7 Å². The summed E-state index contributed by atoms with van der Waals surface area (Å²) in [6, 6.07) is 24.9. The molecule has 2 aliphatic heterocycles. The highest BCUT2D eigenvalue weighted by Crippen LogP contribution is 2.46. The van der Waals surface area contributed by atoms with Crippen LogP contribution in [0.2, 0.25) is 5.02 Å². The number of fused-ring (bicyclic) bond motifs is 2. The van der Waals surface area contributed by atoms with E-state index < -0.39 is 5.60 Å². The average Bonchev–Trinajstić information content (AvgIpc) is 3.55. The van der Waals surface area contributed by atoms with Crippen LogP contribution in [0, 0.1) is 11.3 Å². The lowest BCUT2D eigenvalue weighted by atomic mass is 9.81. The molecule has 6 rings (SSSR count). The van der Waals surface area contributed by atoms with Gasteiger partial charge in [0.05, 0.1) is 18.2 Å². The maximum absolute atomic E-state index is 9.35. The van der Waals surface area contributed by atoms with Gasteiger partial charge in [0.2, 0.25) is 0 Å². The number of anilines is 1. The van der Waals surface area contributed by atoms with Crippen LogP contribution in [0.5, 0.6) is 0 Å². The van der Waals surface area contributed by atoms with E-state index >= 15 is 0 Å². The molecule has 0 radical (unpaired) electrons. The molecule has 0 saturated carbocycles. The predicted octanol–water partition coefficient (Wildman–Crippen LogP) is 6.07. The third-order valence-corrected chi connectivity index (χ3v) is 7.99. The van der Waals surface area contributed by atoms with E-state index in [0.29, 0.717) is 12.2 Å². The number of hydrogen-bond donors (Lipinski definition) is 1. The number of ether oxygens (including phenoxy) is 1. The average molecular weight is 497 g/mol. The predicted molar refractivity (Wildman–Crippen MR) is 144 cm³/mol. The summed E-state index contributed by atoms with van der Waals surface area (Å²) in [7, 11) is 0. The van der Waals surface area contributed by atoms with Crippen molar-refractivity contribution < 1.29 is 4.74 Å². The summed E-state index contributed by atoms with van der Waals surface area (Å²) < 4.78 is 6.55. The first-order valence-electron chi connectivity index (χ1n) is 12.6. The molecule has 4 aromatic rings. The van der Waals surface area contributed by atoms with Crippen molar-refractivity contribution in [1.82, 2.24) is 9.88 Å². The number of H-pyrrole nitrogens is 1. The molecule has 5 nitrogen and oxygen atoms in total. The minimum atomic E-state index is -0.500. The number of piperazine rings is 1. The van der Waals surface area contributed by atoms with Crippen LogP contribution in [-0.2, 0) is 16.9 Å². The zero-order valence-electron chi connectivity index (χ0n) is 20.2. The second-order valence-electron chi connectivity index (χ2n) is 9.75. The van der Waals surface area contributed by atoms with Crippen LogP contribution >= 0.6 is 11.6 Å². The summed E-state index contributed by atoms with van der Waals surface area (Å²) in [5.74, 6) is 0. The normalized spacial score (nSPS) is 19.9. The van der Waals surface area contributed by atoms with Crippen molar-refractivity contribution in [3.8, 4) is 6.07 Å². The Bertz CT molecular complexity index is 1420. The lowest BCUT2D eigenvalue weighted by Gasteiger charge is -2.37. The molecule has 1 aromatic heterocycles. The molecule has 6 heteroatoms. The first-order chi connectivity index (χ1) is 17.7. The Morgan fingerprint density at radius 2 is 1.83 bits per heavy atom. The van der Waals surface area contributed by atoms with Gasteiger partial charge in [-0.2, -0.15) is 5.26 Å². The maximum atomic E-state index is 9.35. The van der Waals surface area contributed by atoms with Gasteiger partial charge in [0.25, 0.3) is 0 Å². The van der Waals surface area contributed by atoms with Crippen molar-refractivity contribution in [2.45, 2.75) is 25.0 Å². The Kier molecular flexibility index (Phi) is 6.18. The van der Waals surface area contributed by atoms with Gasteiger partial charge in [0, 0.05) is 54.0 Å². The molecular formula is C30H29ClN4O. The summed E-state index contributed by atoms with van der Waals surface area (Å²) in [5, 5.41) is 11.4.